The van der Waals surface area contributed by atoms with Crippen LogP contribution in [-0.4, -0.2) is 17.9 Å². The van der Waals surface area contributed by atoms with Gasteiger partial charge in [-0.3, -0.25) is 4.79 Å². The van der Waals surface area contributed by atoms with Crippen molar-refractivity contribution in [3.05, 3.63) is 46.7 Å². The van der Waals surface area contributed by atoms with Gasteiger partial charge in [0.1, 0.15) is 5.82 Å². The molecular weight excluding hydrogens is 260 g/mol. The first kappa shape index (κ1) is 12.5. The second-order valence-electron chi connectivity index (χ2n) is 5.19. The first-order chi connectivity index (χ1) is 9.24. The van der Waals surface area contributed by atoms with Gasteiger partial charge in [-0.05, 0) is 25.0 Å². The maximum atomic E-state index is 12.2. The minimum atomic E-state index is -0.0563. The Labute approximate surface area is 118 Å². The first-order valence-electron chi connectivity index (χ1n) is 6.77. The van der Waals surface area contributed by atoms with Crippen molar-refractivity contribution in [2.45, 2.75) is 37.8 Å². The van der Waals surface area contributed by atoms with Gasteiger partial charge in [-0.15, -0.1) is 0 Å². The van der Waals surface area contributed by atoms with Gasteiger partial charge in [-0.1, -0.05) is 36.6 Å². The zero-order chi connectivity index (χ0) is 13.2. The second kappa shape index (κ2) is 5.25. The molecule has 19 heavy (non-hydrogen) atoms. The average Bonchev–Trinajstić information content (AvgIpc) is 2.81. The van der Waals surface area contributed by atoms with E-state index in [4.69, 9.17) is 11.6 Å². The van der Waals surface area contributed by atoms with Crippen LogP contribution in [0.2, 0.25) is 5.02 Å². The smallest absolute Gasteiger partial charge is 0.190 e. The highest BCUT2D eigenvalue weighted by Gasteiger charge is 2.31. The van der Waals surface area contributed by atoms with Crippen LogP contribution in [0.1, 0.15) is 36.0 Å². The van der Waals surface area contributed by atoms with Crippen molar-refractivity contribution in [3.63, 3.8) is 0 Å². The van der Waals surface area contributed by atoms with Crippen molar-refractivity contribution < 1.29 is 4.79 Å². The SMILES string of the molecule is O=C(C=C1N[C@H]2CCCC[C@H]2N1)c1ccccc1Cl. The lowest BCUT2D eigenvalue weighted by Crippen LogP contribution is -2.36. The molecule has 0 spiro atoms. The van der Waals surface area contributed by atoms with E-state index >= 15 is 0 Å². The van der Waals surface area contributed by atoms with E-state index in [2.05, 4.69) is 10.6 Å². The molecule has 2 N–H and O–H groups in total. The highest BCUT2D eigenvalue weighted by atomic mass is 35.5. The minimum Gasteiger partial charge on any atom is -0.367 e. The van der Waals surface area contributed by atoms with Gasteiger partial charge in [-0.2, -0.15) is 0 Å². The fraction of sp³-hybridized carbons (Fsp3) is 0.400. The molecule has 3 nitrogen and oxygen atoms in total. The summed E-state index contributed by atoms with van der Waals surface area (Å²) < 4.78 is 0. The van der Waals surface area contributed by atoms with Gasteiger partial charge in [0, 0.05) is 23.7 Å². The summed E-state index contributed by atoms with van der Waals surface area (Å²) in [5, 5.41) is 7.30. The highest BCUT2D eigenvalue weighted by molar-refractivity contribution is 6.34. The van der Waals surface area contributed by atoms with Crippen LogP contribution >= 0.6 is 11.6 Å². The summed E-state index contributed by atoms with van der Waals surface area (Å²) in [4.78, 5) is 12.2. The average molecular weight is 277 g/mol. The van der Waals surface area contributed by atoms with Crippen LogP contribution in [0.4, 0.5) is 0 Å². The Morgan fingerprint density at radius 3 is 2.42 bits per heavy atom. The summed E-state index contributed by atoms with van der Waals surface area (Å²) in [5.41, 5.74) is 0.551. The Morgan fingerprint density at radius 2 is 1.79 bits per heavy atom. The number of allylic oxidation sites excluding steroid dienone is 1. The number of fused-ring (bicyclic) bond motifs is 1. The van der Waals surface area contributed by atoms with Gasteiger partial charge in [0.15, 0.2) is 5.78 Å². The predicted octanol–water partition coefficient (Wildman–Crippen LogP) is 2.87. The molecule has 1 aromatic carbocycles. The fourth-order valence-electron chi connectivity index (χ4n) is 2.87. The maximum absolute atomic E-state index is 12.2. The van der Waals surface area contributed by atoms with Gasteiger partial charge in [0.05, 0.1) is 5.02 Å². The van der Waals surface area contributed by atoms with Crippen molar-refractivity contribution in [2.24, 2.45) is 0 Å². The molecule has 2 aliphatic rings. The molecule has 1 aliphatic carbocycles. The second-order valence-corrected chi connectivity index (χ2v) is 5.60. The summed E-state index contributed by atoms with van der Waals surface area (Å²) >= 11 is 6.04. The molecule has 2 fully saturated rings. The van der Waals surface area contributed by atoms with Crippen LogP contribution in [0.25, 0.3) is 0 Å². The Morgan fingerprint density at radius 1 is 1.16 bits per heavy atom. The Kier molecular flexibility index (Phi) is 3.47. The Balaban J connectivity index is 1.76. The molecule has 1 aromatic rings. The number of carbonyl (C=O) groups excluding carboxylic acids is 1. The summed E-state index contributed by atoms with van der Waals surface area (Å²) in [7, 11) is 0. The quantitative estimate of drug-likeness (QED) is 0.645. The largest absolute Gasteiger partial charge is 0.367 e. The topological polar surface area (TPSA) is 41.1 Å². The monoisotopic (exact) mass is 276 g/mol. The van der Waals surface area contributed by atoms with E-state index in [1.165, 1.54) is 25.7 Å². The van der Waals surface area contributed by atoms with Gasteiger partial charge < -0.3 is 10.6 Å². The van der Waals surface area contributed by atoms with Crippen LogP contribution in [0.5, 0.6) is 0 Å². The summed E-state index contributed by atoms with van der Waals surface area (Å²) in [6.07, 6.45) is 6.51. The molecule has 3 rings (SSSR count). The maximum Gasteiger partial charge on any atom is 0.190 e. The number of rotatable bonds is 2. The normalized spacial score (nSPS) is 27.5. The van der Waals surface area contributed by atoms with Gasteiger partial charge in [0.2, 0.25) is 0 Å². The predicted molar refractivity (Wildman–Crippen MR) is 76.2 cm³/mol. The van der Waals surface area contributed by atoms with E-state index < -0.39 is 0 Å². The van der Waals surface area contributed by atoms with E-state index in [0.29, 0.717) is 22.7 Å². The lowest BCUT2D eigenvalue weighted by Gasteiger charge is -2.23. The number of hydrogen-bond donors (Lipinski definition) is 2. The molecule has 0 aromatic heterocycles. The van der Waals surface area contributed by atoms with E-state index in [9.17, 15) is 4.79 Å². The van der Waals surface area contributed by atoms with Crippen molar-refractivity contribution >= 4 is 17.4 Å². The zero-order valence-electron chi connectivity index (χ0n) is 10.7. The van der Waals surface area contributed by atoms with Gasteiger partial charge in [0.25, 0.3) is 0 Å². The van der Waals surface area contributed by atoms with E-state index in [-0.39, 0.29) is 5.78 Å². The third-order valence-electron chi connectivity index (χ3n) is 3.86. The van der Waals surface area contributed by atoms with Crippen LogP contribution in [0, 0.1) is 0 Å². The van der Waals surface area contributed by atoms with Gasteiger partial charge >= 0.3 is 0 Å². The molecule has 1 heterocycles. The molecule has 2 atom stereocenters. The Hall–Kier alpha value is -1.48. The van der Waals surface area contributed by atoms with E-state index in [0.717, 1.165) is 5.82 Å². The van der Waals surface area contributed by atoms with Crippen molar-refractivity contribution in [3.8, 4) is 0 Å². The standard InChI is InChI=1S/C15H17ClN2O/c16-11-6-2-1-5-10(11)14(19)9-15-17-12-7-3-4-8-13(12)18-15/h1-2,5-6,9,12-13,17-18H,3-4,7-8H2/t12-,13+. The van der Waals surface area contributed by atoms with E-state index in [1.54, 1.807) is 18.2 Å². The van der Waals surface area contributed by atoms with Crippen LogP contribution in [0.3, 0.4) is 0 Å². The first-order valence-corrected chi connectivity index (χ1v) is 7.15. The van der Waals surface area contributed by atoms with Gasteiger partial charge in [-0.25, -0.2) is 0 Å². The number of hydrogen-bond acceptors (Lipinski definition) is 3. The van der Waals surface area contributed by atoms with Crippen molar-refractivity contribution in [2.75, 3.05) is 0 Å². The lowest BCUT2D eigenvalue weighted by molar-refractivity contribution is 0.104. The third kappa shape index (κ3) is 2.61. The van der Waals surface area contributed by atoms with Crippen LogP contribution in [-0.2, 0) is 0 Å². The zero-order valence-corrected chi connectivity index (χ0v) is 11.4. The molecule has 100 valence electrons. The molecule has 1 aliphatic heterocycles. The molecule has 0 unspecified atom stereocenters. The summed E-state index contributed by atoms with van der Waals surface area (Å²) in [6.45, 7) is 0. The van der Waals surface area contributed by atoms with Crippen LogP contribution < -0.4 is 10.6 Å². The molecule has 0 radical (unpaired) electrons. The number of halogens is 1. The highest BCUT2D eigenvalue weighted by Crippen LogP contribution is 2.24. The summed E-state index contributed by atoms with van der Waals surface area (Å²) in [5.74, 6) is 0.779. The van der Waals surface area contributed by atoms with Crippen LogP contribution in [0.15, 0.2) is 36.2 Å². The molecule has 4 heteroatoms. The van der Waals surface area contributed by atoms with Crippen molar-refractivity contribution in [1.29, 1.82) is 0 Å². The number of carbonyl (C=O) groups is 1. The number of benzene rings is 1. The van der Waals surface area contributed by atoms with E-state index in [1.807, 2.05) is 12.1 Å². The molecule has 1 saturated carbocycles. The molecular formula is C15H17ClN2O. The number of nitrogens with one attached hydrogen (secondary N) is 2. The Bertz CT molecular complexity index is 511. The molecule has 0 bridgehead atoms. The van der Waals surface area contributed by atoms with Crippen molar-refractivity contribution in [1.82, 2.24) is 10.6 Å². The summed E-state index contributed by atoms with van der Waals surface area (Å²) in [6, 6.07) is 8.09. The minimum absolute atomic E-state index is 0.0563. The molecule has 0 amide bonds. The third-order valence-corrected chi connectivity index (χ3v) is 4.19. The number of ketones is 1. The fourth-order valence-corrected chi connectivity index (χ4v) is 3.10. The lowest BCUT2D eigenvalue weighted by atomic mass is 9.92. The molecule has 1 saturated heterocycles.